The second-order valence-electron chi connectivity index (χ2n) is 3.44. The highest BCUT2D eigenvalue weighted by atomic mass is 35.5. The van der Waals surface area contributed by atoms with E-state index in [9.17, 15) is 0 Å². The van der Waals surface area contributed by atoms with Gasteiger partial charge in [-0.1, -0.05) is 29.8 Å². The largest absolute Gasteiger partial charge is 0.241 e. The SMILES string of the molecule is N#Cc1ccc(Cc2cccc(Cl)n2)cc1. The number of nitriles is 1. The van der Waals surface area contributed by atoms with Gasteiger partial charge in [0.05, 0.1) is 11.6 Å². The lowest BCUT2D eigenvalue weighted by molar-refractivity contribution is 1.07. The molecular formula is C13H9ClN2. The van der Waals surface area contributed by atoms with Gasteiger partial charge >= 0.3 is 0 Å². The highest BCUT2D eigenvalue weighted by molar-refractivity contribution is 6.29. The Labute approximate surface area is 99.1 Å². The molecule has 0 radical (unpaired) electrons. The summed E-state index contributed by atoms with van der Waals surface area (Å²) in [6, 6.07) is 15.1. The first kappa shape index (κ1) is 10.7. The molecule has 2 nitrogen and oxygen atoms in total. The number of pyridine rings is 1. The molecule has 2 aromatic rings. The molecule has 1 heterocycles. The standard InChI is InChI=1S/C13H9ClN2/c14-13-3-1-2-12(16-13)8-10-4-6-11(9-15)7-5-10/h1-7H,8H2. The molecule has 0 aliphatic heterocycles. The van der Waals surface area contributed by atoms with Gasteiger partial charge < -0.3 is 0 Å². The summed E-state index contributed by atoms with van der Waals surface area (Å²) in [7, 11) is 0. The molecule has 1 aromatic carbocycles. The second-order valence-corrected chi connectivity index (χ2v) is 3.82. The quantitative estimate of drug-likeness (QED) is 0.741. The molecule has 16 heavy (non-hydrogen) atoms. The van der Waals surface area contributed by atoms with Crippen LogP contribution in [0.25, 0.3) is 0 Å². The Morgan fingerprint density at radius 3 is 2.50 bits per heavy atom. The first-order valence-electron chi connectivity index (χ1n) is 4.88. The Kier molecular flexibility index (Phi) is 3.19. The number of benzene rings is 1. The Hall–Kier alpha value is -1.85. The van der Waals surface area contributed by atoms with Crippen molar-refractivity contribution in [3.05, 3.63) is 64.4 Å². The zero-order valence-electron chi connectivity index (χ0n) is 8.52. The molecule has 0 saturated carbocycles. The molecule has 0 aliphatic carbocycles. The summed E-state index contributed by atoms with van der Waals surface area (Å²) in [6.07, 6.45) is 0.728. The number of halogens is 1. The summed E-state index contributed by atoms with van der Waals surface area (Å²) in [5.74, 6) is 0. The minimum Gasteiger partial charge on any atom is -0.241 e. The number of hydrogen-bond acceptors (Lipinski definition) is 2. The third-order valence-corrected chi connectivity index (χ3v) is 2.45. The van der Waals surface area contributed by atoms with Crippen LogP contribution in [0.1, 0.15) is 16.8 Å². The first-order chi connectivity index (χ1) is 7.78. The molecule has 0 aliphatic rings. The zero-order valence-corrected chi connectivity index (χ0v) is 9.28. The van der Waals surface area contributed by atoms with E-state index in [4.69, 9.17) is 16.9 Å². The summed E-state index contributed by atoms with van der Waals surface area (Å²) < 4.78 is 0. The molecule has 0 bridgehead atoms. The van der Waals surface area contributed by atoms with Crippen LogP contribution in [0.4, 0.5) is 0 Å². The van der Waals surface area contributed by atoms with Crippen LogP contribution >= 0.6 is 11.6 Å². The van der Waals surface area contributed by atoms with Crippen LogP contribution in [0, 0.1) is 11.3 Å². The lowest BCUT2D eigenvalue weighted by Crippen LogP contribution is -1.92. The molecule has 2 rings (SSSR count). The van der Waals surface area contributed by atoms with Gasteiger partial charge in [0, 0.05) is 12.1 Å². The average molecular weight is 229 g/mol. The van der Waals surface area contributed by atoms with Crippen molar-refractivity contribution in [1.82, 2.24) is 4.98 Å². The number of hydrogen-bond donors (Lipinski definition) is 0. The van der Waals surface area contributed by atoms with Crippen molar-refractivity contribution in [2.45, 2.75) is 6.42 Å². The van der Waals surface area contributed by atoms with Crippen LogP contribution in [0.2, 0.25) is 5.15 Å². The van der Waals surface area contributed by atoms with E-state index in [-0.39, 0.29) is 0 Å². The highest BCUT2D eigenvalue weighted by Crippen LogP contribution is 2.11. The van der Waals surface area contributed by atoms with Gasteiger partial charge in [0.2, 0.25) is 0 Å². The molecule has 1 aromatic heterocycles. The fourth-order valence-electron chi connectivity index (χ4n) is 1.46. The van der Waals surface area contributed by atoms with Crippen molar-refractivity contribution in [3.63, 3.8) is 0 Å². The summed E-state index contributed by atoms with van der Waals surface area (Å²) in [5.41, 5.74) is 2.72. The van der Waals surface area contributed by atoms with Gasteiger partial charge in [0.15, 0.2) is 0 Å². The minimum absolute atomic E-state index is 0.506. The third kappa shape index (κ3) is 2.59. The number of aromatic nitrogens is 1. The maximum atomic E-state index is 8.67. The number of rotatable bonds is 2. The van der Waals surface area contributed by atoms with E-state index in [1.165, 1.54) is 0 Å². The van der Waals surface area contributed by atoms with Crippen molar-refractivity contribution >= 4 is 11.6 Å². The molecule has 3 heteroatoms. The molecule has 0 spiro atoms. The maximum absolute atomic E-state index is 8.67. The normalized spacial score (nSPS) is 9.75. The highest BCUT2D eigenvalue weighted by Gasteiger charge is 1.99. The molecule has 0 atom stereocenters. The van der Waals surface area contributed by atoms with Crippen molar-refractivity contribution in [3.8, 4) is 6.07 Å². The van der Waals surface area contributed by atoms with Crippen molar-refractivity contribution in [1.29, 1.82) is 5.26 Å². The molecule has 0 amide bonds. The van der Waals surface area contributed by atoms with Crippen molar-refractivity contribution in [2.75, 3.05) is 0 Å². The summed E-state index contributed by atoms with van der Waals surface area (Å²) in [5, 5.41) is 9.18. The summed E-state index contributed by atoms with van der Waals surface area (Å²) in [4.78, 5) is 4.21. The van der Waals surface area contributed by atoms with Crippen LogP contribution in [-0.4, -0.2) is 4.98 Å². The van der Waals surface area contributed by atoms with Gasteiger partial charge in [-0.25, -0.2) is 4.98 Å². The summed E-state index contributed by atoms with van der Waals surface area (Å²) in [6.45, 7) is 0. The average Bonchev–Trinajstić information content (AvgIpc) is 2.30. The van der Waals surface area contributed by atoms with Gasteiger partial charge in [-0.2, -0.15) is 5.26 Å². The van der Waals surface area contributed by atoms with Crippen molar-refractivity contribution in [2.24, 2.45) is 0 Å². The molecule has 0 saturated heterocycles. The lowest BCUT2D eigenvalue weighted by atomic mass is 10.1. The third-order valence-electron chi connectivity index (χ3n) is 2.24. The zero-order chi connectivity index (χ0) is 11.4. The smallest absolute Gasteiger partial charge is 0.129 e. The molecule has 0 fully saturated rings. The van der Waals surface area contributed by atoms with E-state index in [1.54, 1.807) is 18.2 Å². The van der Waals surface area contributed by atoms with Crippen LogP contribution in [0.15, 0.2) is 42.5 Å². The molecule has 78 valence electrons. The van der Waals surface area contributed by atoms with Gasteiger partial charge in [-0.05, 0) is 29.8 Å². The molecule has 0 N–H and O–H groups in total. The molecular weight excluding hydrogens is 220 g/mol. The molecule has 0 unspecified atom stereocenters. The van der Waals surface area contributed by atoms with E-state index < -0.39 is 0 Å². The van der Waals surface area contributed by atoms with Gasteiger partial charge in [0.1, 0.15) is 5.15 Å². The Bertz CT molecular complexity index is 526. The second kappa shape index (κ2) is 4.78. The maximum Gasteiger partial charge on any atom is 0.129 e. The van der Waals surface area contributed by atoms with Crippen LogP contribution in [0.3, 0.4) is 0 Å². The van der Waals surface area contributed by atoms with E-state index in [0.717, 1.165) is 17.7 Å². The number of nitrogens with zero attached hydrogens (tertiary/aromatic N) is 2. The van der Waals surface area contributed by atoms with E-state index in [0.29, 0.717) is 10.7 Å². The van der Waals surface area contributed by atoms with Gasteiger partial charge in [-0.3, -0.25) is 0 Å². The monoisotopic (exact) mass is 228 g/mol. The lowest BCUT2D eigenvalue weighted by Gasteiger charge is -2.01. The van der Waals surface area contributed by atoms with Gasteiger partial charge in [0.25, 0.3) is 0 Å². The predicted molar refractivity (Wildman–Crippen MR) is 63.2 cm³/mol. The van der Waals surface area contributed by atoms with Crippen LogP contribution in [0.5, 0.6) is 0 Å². The van der Waals surface area contributed by atoms with Crippen LogP contribution < -0.4 is 0 Å². The van der Waals surface area contributed by atoms with E-state index in [2.05, 4.69) is 11.1 Å². The Morgan fingerprint density at radius 1 is 1.12 bits per heavy atom. The minimum atomic E-state index is 0.506. The topological polar surface area (TPSA) is 36.7 Å². The fourth-order valence-corrected chi connectivity index (χ4v) is 1.64. The first-order valence-corrected chi connectivity index (χ1v) is 5.26. The predicted octanol–water partition coefficient (Wildman–Crippen LogP) is 3.20. The fraction of sp³-hybridized carbons (Fsp3) is 0.0769. The van der Waals surface area contributed by atoms with E-state index >= 15 is 0 Å². The van der Waals surface area contributed by atoms with Crippen molar-refractivity contribution < 1.29 is 0 Å². The Balaban J connectivity index is 2.18. The van der Waals surface area contributed by atoms with E-state index in [1.807, 2.05) is 24.3 Å². The van der Waals surface area contributed by atoms with Gasteiger partial charge in [-0.15, -0.1) is 0 Å². The Morgan fingerprint density at radius 2 is 1.88 bits per heavy atom. The van der Waals surface area contributed by atoms with Crippen LogP contribution in [-0.2, 0) is 6.42 Å². The summed E-state index contributed by atoms with van der Waals surface area (Å²) >= 11 is 5.80.